The largest absolute Gasteiger partial charge is 0.411 e. The number of sulfone groups is 1. The number of rotatable bonds is 4. The van der Waals surface area contributed by atoms with Crippen LogP contribution in [0.3, 0.4) is 0 Å². The van der Waals surface area contributed by atoms with Gasteiger partial charge < -0.3 is 5.21 Å². The number of hydrogen-bond acceptors (Lipinski definition) is 6. The van der Waals surface area contributed by atoms with E-state index in [1.807, 2.05) is 0 Å². The maximum absolute atomic E-state index is 11.0. The van der Waals surface area contributed by atoms with Crippen molar-refractivity contribution < 1.29 is 18.5 Å². The highest BCUT2D eigenvalue weighted by atomic mass is 32.2. The molecule has 0 aromatic heterocycles. The highest BCUT2D eigenvalue weighted by Gasteiger charge is 2.13. The topological polar surface area (TPSA) is 110 Å². The zero-order valence-electron chi connectivity index (χ0n) is 8.90. The van der Waals surface area contributed by atoms with Crippen LogP contribution >= 0.6 is 0 Å². The van der Waals surface area contributed by atoms with Gasteiger partial charge in [0.1, 0.15) is 5.71 Å². The lowest BCUT2D eigenvalue weighted by Gasteiger charge is -2.02. The monoisotopic (exact) mass is 258 g/mol. The molecule has 1 rings (SSSR count). The Morgan fingerprint density at radius 2 is 1.94 bits per heavy atom. The molecule has 92 valence electrons. The summed E-state index contributed by atoms with van der Waals surface area (Å²) < 4.78 is 22.1. The van der Waals surface area contributed by atoms with Crippen LogP contribution in [0.5, 0.6) is 0 Å². The Labute approximate surface area is 97.4 Å². The van der Waals surface area contributed by atoms with Gasteiger partial charge in [0.25, 0.3) is 5.69 Å². The van der Waals surface area contributed by atoms with Gasteiger partial charge in [0, 0.05) is 24.0 Å². The van der Waals surface area contributed by atoms with Crippen LogP contribution in [-0.4, -0.2) is 36.3 Å². The first-order chi connectivity index (χ1) is 7.83. The summed E-state index contributed by atoms with van der Waals surface area (Å²) in [5, 5.41) is 22.0. The third-order valence-electron chi connectivity index (χ3n) is 1.93. The molecule has 0 atom stereocenters. The highest BCUT2D eigenvalue weighted by molar-refractivity contribution is 7.91. The molecule has 17 heavy (non-hydrogen) atoms. The van der Waals surface area contributed by atoms with E-state index in [1.54, 1.807) is 0 Å². The number of oxime groups is 1. The fourth-order valence-corrected chi connectivity index (χ4v) is 1.91. The molecular weight excluding hydrogens is 248 g/mol. The van der Waals surface area contributed by atoms with E-state index in [4.69, 9.17) is 5.21 Å². The Hall–Kier alpha value is -1.96. The van der Waals surface area contributed by atoms with E-state index in [-0.39, 0.29) is 11.4 Å². The van der Waals surface area contributed by atoms with Crippen LogP contribution in [0.25, 0.3) is 0 Å². The van der Waals surface area contributed by atoms with Gasteiger partial charge in [-0.1, -0.05) is 5.16 Å². The smallest absolute Gasteiger partial charge is 0.269 e. The number of nitro benzene ring substituents is 1. The van der Waals surface area contributed by atoms with Gasteiger partial charge in [0.05, 0.1) is 10.7 Å². The molecule has 0 saturated heterocycles. The second-order valence-corrected chi connectivity index (χ2v) is 5.56. The van der Waals surface area contributed by atoms with Crippen molar-refractivity contribution in [1.29, 1.82) is 0 Å². The molecule has 0 unspecified atom stereocenters. The maximum Gasteiger partial charge on any atom is 0.269 e. The second-order valence-electron chi connectivity index (χ2n) is 3.42. The lowest BCUT2D eigenvalue weighted by atomic mass is 10.1. The molecule has 0 aliphatic heterocycles. The standard InChI is InChI=1S/C9H10N2O5S/c1-17(15,16)6-9(10-12)7-2-4-8(5-3-7)11(13)14/h2-5,12H,6H2,1H3/b10-9+. The van der Waals surface area contributed by atoms with Gasteiger partial charge in [-0.15, -0.1) is 0 Å². The van der Waals surface area contributed by atoms with Crippen LogP contribution in [0.2, 0.25) is 0 Å². The van der Waals surface area contributed by atoms with E-state index in [0.717, 1.165) is 6.26 Å². The van der Waals surface area contributed by atoms with Gasteiger partial charge in [-0.05, 0) is 12.1 Å². The molecule has 0 bridgehead atoms. The maximum atomic E-state index is 11.0. The number of nitro groups is 1. The average Bonchev–Trinajstić information content (AvgIpc) is 2.25. The van der Waals surface area contributed by atoms with Crippen molar-refractivity contribution in [2.75, 3.05) is 12.0 Å². The van der Waals surface area contributed by atoms with Crippen LogP contribution in [0.15, 0.2) is 29.4 Å². The van der Waals surface area contributed by atoms with Crippen molar-refractivity contribution in [2.45, 2.75) is 0 Å². The van der Waals surface area contributed by atoms with Gasteiger partial charge in [-0.2, -0.15) is 0 Å². The molecule has 1 N–H and O–H groups in total. The molecule has 0 saturated carbocycles. The molecule has 0 aliphatic rings. The third kappa shape index (κ3) is 3.83. The summed E-state index contributed by atoms with van der Waals surface area (Å²) in [5.41, 5.74) is 0.149. The minimum atomic E-state index is -3.33. The van der Waals surface area contributed by atoms with Gasteiger partial charge >= 0.3 is 0 Å². The average molecular weight is 258 g/mol. The molecule has 7 nitrogen and oxygen atoms in total. The molecular formula is C9H10N2O5S. The molecule has 8 heteroatoms. The number of nitrogens with zero attached hydrogens (tertiary/aromatic N) is 2. The summed E-state index contributed by atoms with van der Waals surface area (Å²) in [4.78, 5) is 9.84. The first-order valence-electron chi connectivity index (χ1n) is 4.47. The van der Waals surface area contributed by atoms with Crippen LogP contribution < -0.4 is 0 Å². The molecule has 0 heterocycles. The van der Waals surface area contributed by atoms with E-state index in [0.29, 0.717) is 5.56 Å². The minimum absolute atomic E-state index is 0.0533. The molecule has 0 fully saturated rings. The summed E-state index contributed by atoms with van der Waals surface area (Å²) in [6.07, 6.45) is 1.00. The van der Waals surface area contributed by atoms with Gasteiger partial charge in [0.15, 0.2) is 9.84 Å². The van der Waals surface area contributed by atoms with Crippen LogP contribution in [0.4, 0.5) is 5.69 Å². The quantitative estimate of drug-likeness (QED) is 0.372. The Kier molecular flexibility index (Phi) is 3.79. The lowest BCUT2D eigenvalue weighted by Crippen LogP contribution is -2.15. The van der Waals surface area contributed by atoms with E-state index in [9.17, 15) is 18.5 Å². The van der Waals surface area contributed by atoms with E-state index < -0.39 is 20.5 Å². The van der Waals surface area contributed by atoms with E-state index in [1.165, 1.54) is 24.3 Å². The van der Waals surface area contributed by atoms with Gasteiger partial charge in [-0.25, -0.2) is 8.42 Å². The van der Waals surface area contributed by atoms with Gasteiger partial charge in [-0.3, -0.25) is 10.1 Å². The van der Waals surface area contributed by atoms with E-state index >= 15 is 0 Å². The summed E-state index contributed by atoms with van der Waals surface area (Å²) in [5.74, 6) is -0.429. The number of hydrogen-bond donors (Lipinski definition) is 1. The molecule has 0 aliphatic carbocycles. The molecule has 0 radical (unpaired) electrons. The zero-order valence-corrected chi connectivity index (χ0v) is 9.72. The summed E-state index contributed by atoms with van der Waals surface area (Å²) in [6.45, 7) is 0. The van der Waals surface area contributed by atoms with Crippen LogP contribution in [0.1, 0.15) is 5.56 Å². The molecule has 0 spiro atoms. The normalized spacial score (nSPS) is 12.4. The minimum Gasteiger partial charge on any atom is -0.411 e. The Balaban J connectivity index is 3.03. The predicted molar refractivity (Wildman–Crippen MR) is 61.1 cm³/mol. The Morgan fingerprint density at radius 3 is 2.29 bits per heavy atom. The van der Waals surface area contributed by atoms with Crippen LogP contribution in [0, 0.1) is 10.1 Å². The molecule has 1 aromatic rings. The lowest BCUT2D eigenvalue weighted by molar-refractivity contribution is -0.384. The predicted octanol–water partition coefficient (Wildman–Crippen LogP) is 0.818. The second kappa shape index (κ2) is 4.91. The summed E-state index contributed by atoms with van der Waals surface area (Å²) in [7, 11) is -3.33. The molecule has 1 aromatic carbocycles. The fraction of sp³-hybridized carbons (Fsp3) is 0.222. The summed E-state index contributed by atoms with van der Waals surface area (Å²) in [6, 6.07) is 5.09. The number of non-ortho nitro benzene ring substituents is 1. The Morgan fingerprint density at radius 1 is 1.41 bits per heavy atom. The third-order valence-corrected chi connectivity index (χ3v) is 2.73. The van der Waals surface area contributed by atoms with Crippen molar-refractivity contribution in [2.24, 2.45) is 5.16 Å². The van der Waals surface area contributed by atoms with Crippen molar-refractivity contribution in [1.82, 2.24) is 0 Å². The van der Waals surface area contributed by atoms with Crippen molar-refractivity contribution in [3.63, 3.8) is 0 Å². The van der Waals surface area contributed by atoms with E-state index in [2.05, 4.69) is 5.16 Å². The number of benzene rings is 1. The first kappa shape index (κ1) is 13.1. The zero-order chi connectivity index (χ0) is 13.1. The first-order valence-corrected chi connectivity index (χ1v) is 6.53. The fourth-order valence-electron chi connectivity index (χ4n) is 1.19. The molecule has 0 amide bonds. The van der Waals surface area contributed by atoms with Crippen LogP contribution in [-0.2, 0) is 9.84 Å². The van der Waals surface area contributed by atoms with Crippen molar-refractivity contribution >= 4 is 21.2 Å². The SMILES string of the molecule is CS(=O)(=O)C/C(=N\O)c1ccc([N+](=O)[O-])cc1. The highest BCUT2D eigenvalue weighted by Crippen LogP contribution is 2.13. The van der Waals surface area contributed by atoms with Crippen molar-refractivity contribution in [3.05, 3.63) is 39.9 Å². The summed E-state index contributed by atoms with van der Waals surface area (Å²) >= 11 is 0. The van der Waals surface area contributed by atoms with Crippen molar-refractivity contribution in [3.8, 4) is 0 Å². The Bertz CT molecular complexity index is 547. The van der Waals surface area contributed by atoms with Gasteiger partial charge in [0.2, 0.25) is 0 Å².